The highest BCUT2D eigenvalue weighted by Gasteiger charge is 2.03. The van der Waals surface area contributed by atoms with E-state index < -0.39 is 0 Å². The van der Waals surface area contributed by atoms with Crippen molar-refractivity contribution in [3.63, 3.8) is 0 Å². The summed E-state index contributed by atoms with van der Waals surface area (Å²) >= 11 is 0. The van der Waals surface area contributed by atoms with E-state index in [2.05, 4.69) is 6.92 Å². The van der Waals surface area contributed by atoms with Crippen LogP contribution in [0.1, 0.15) is 27.2 Å². The van der Waals surface area contributed by atoms with E-state index >= 15 is 0 Å². The van der Waals surface area contributed by atoms with Crippen molar-refractivity contribution in [3.05, 3.63) is 6.92 Å². The normalized spacial score (nSPS) is 12.0. The van der Waals surface area contributed by atoms with Crippen molar-refractivity contribution in [2.75, 3.05) is 0 Å². The molecule has 0 aromatic rings. The molecule has 0 aliphatic carbocycles. The van der Waals surface area contributed by atoms with Crippen LogP contribution < -0.4 is 0 Å². The van der Waals surface area contributed by atoms with Gasteiger partial charge in [0.2, 0.25) is 0 Å². The zero-order chi connectivity index (χ0) is 5.21. The van der Waals surface area contributed by atoms with E-state index in [0.29, 0.717) is 0 Å². The van der Waals surface area contributed by atoms with Crippen molar-refractivity contribution in [1.29, 1.82) is 0 Å². The molecule has 0 aromatic carbocycles. The first-order chi connectivity index (χ1) is 2.56. The lowest BCUT2D eigenvalue weighted by Crippen LogP contribution is -2.00. The topological polar surface area (TPSA) is 0 Å². The minimum absolute atomic E-state index is 0.0417. The molecule has 0 aromatic heterocycles. The Morgan fingerprint density at radius 3 is 1.67 bits per heavy atom. The summed E-state index contributed by atoms with van der Waals surface area (Å²) in [7, 11) is 0. The molecule has 0 rings (SSSR count). The third kappa shape index (κ3) is 4.00. The van der Waals surface area contributed by atoms with Crippen molar-refractivity contribution in [3.8, 4) is 0 Å². The predicted molar refractivity (Wildman–Crippen MR) is 28.4 cm³/mol. The van der Waals surface area contributed by atoms with Gasteiger partial charge in [0.1, 0.15) is 0 Å². The second-order valence-corrected chi connectivity index (χ2v) is 2.34. The van der Waals surface area contributed by atoms with Gasteiger partial charge in [-0.05, 0) is 12.3 Å². The molecule has 0 aliphatic rings. The molecular formula is C6H12. The average molecular weight is 84.2 g/mol. The van der Waals surface area contributed by atoms with Gasteiger partial charge in [-0.2, -0.15) is 0 Å². The molecule has 0 spiro atoms. The molecule has 36 valence electrons. The first kappa shape index (κ1) is 6.00. The molecule has 0 atom stereocenters. The summed E-state index contributed by atoms with van der Waals surface area (Å²) in [6.07, 6.45) is 1.05. The Morgan fingerprint density at radius 1 is 1.50 bits per heavy atom. The van der Waals surface area contributed by atoms with E-state index in [0.717, 1.165) is 6.42 Å². The summed E-state index contributed by atoms with van der Waals surface area (Å²) < 4.78 is 0. The van der Waals surface area contributed by atoms with Crippen molar-refractivity contribution in [2.45, 2.75) is 27.2 Å². The van der Waals surface area contributed by atoms with Crippen LogP contribution >= 0.6 is 0 Å². The molecule has 0 N–H and O–H groups in total. The van der Waals surface area contributed by atoms with Gasteiger partial charge >= 0.3 is 0 Å². The fraction of sp³-hybridized carbons (Fsp3) is 0.833. The van der Waals surface area contributed by atoms with Crippen LogP contribution in [-0.2, 0) is 0 Å². The fourth-order valence-corrected chi connectivity index (χ4v) is 0. The Morgan fingerprint density at radius 2 is 1.67 bits per heavy atom. The lowest BCUT2D eigenvalue weighted by atomic mass is 9.94. The summed E-state index contributed by atoms with van der Waals surface area (Å²) in [5.41, 5.74) is 0.0417. The summed E-state index contributed by atoms with van der Waals surface area (Å²) in [5, 5.41) is 0. The summed E-state index contributed by atoms with van der Waals surface area (Å²) in [6, 6.07) is 0. The van der Waals surface area contributed by atoms with Crippen LogP contribution in [0.5, 0.6) is 0 Å². The van der Waals surface area contributed by atoms with Gasteiger partial charge in [0.15, 0.2) is 0 Å². The Hall–Kier alpha value is 0. The maximum absolute atomic E-state index is 5.53. The van der Waals surface area contributed by atoms with Crippen molar-refractivity contribution >= 4 is 0 Å². The predicted octanol–water partition coefficient (Wildman–Crippen LogP) is 2.13. The first-order valence-electron chi connectivity index (χ1n) is 2.35. The average Bonchev–Trinajstić information content (AvgIpc) is 1.35. The van der Waals surface area contributed by atoms with Gasteiger partial charge in [-0.25, -0.2) is 0 Å². The van der Waals surface area contributed by atoms with Crippen LogP contribution in [0.25, 0.3) is 0 Å². The van der Waals surface area contributed by atoms with Gasteiger partial charge in [0, 0.05) is 0 Å². The second-order valence-electron chi connectivity index (χ2n) is 2.34. The van der Waals surface area contributed by atoms with E-state index in [4.69, 9.17) is 6.92 Å². The molecule has 0 fully saturated rings. The SMILES string of the molecule is [CH]C(C)(C)CC. The molecule has 0 bridgehead atoms. The minimum Gasteiger partial charge on any atom is -0.0649 e. The number of hydrogen-bond donors (Lipinski definition) is 0. The highest BCUT2D eigenvalue weighted by molar-refractivity contribution is 4.66. The van der Waals surface area contributed by atoms with Crippen LogP contribution in [0, 0.1) is 12.3 Å². The molecule has 0 unspecified atom stereocenters. The largest absolute Gasteiger partial charge is 0.0649 e. The van der Waals surface area contributed by atoms with E-state index in [-0.39, 0.29) is 5.41 Å². The summed E-state index contributed by atoms with van der Waals surface area (Å²) in [6.45, 7) is 11.7. The zero-order valence-electron chi connectivity index (χ0n) is 4.78. The van der Waals surface area contributed by atoms with E-state index in [1.165, 1.54) is 0 Å². The minimum atomic E-state index is 0.0417. The molecule has 0 saturated heterocycles. The quantitative estimate of drug-likeness (QED) is 0.456. The van der Waals surface area contributed by atoms with Gasteiger partial charge in [-0.3, -0.25) is 0 Å². The monoisotopic (exact) mass is 84.1 g/mol. The Balaban J connectivity index is 3.17. The lowest BCUT2D eigenvalue weighted by molar-refractivity contribution is 0.457. The molecule has 0 heterocycles. The molecule has 6 heavy (non-hydrogen) atoms. The second kappa shape index (κ2) is 1.63. The van der Waals surface area contributed by atoms with Crippen LogP contribution in [0.15, 0.2) is 0 Å². The number of rotatable bonds is 1. The smallest absolute Gasteiger partial charge is 0.0290 e. The molecule has 0 nitrogen and oxygen atoms in total. The van der Waals surface area contributed by atoms with Crippen LogP contribution in [0.4, 0.5) is 0 Å². The third-order valence-corrected chi connectivity index (χ3v) is 0.911. The molecular weight excluding hydrogens is 72.1 g/mol. The summed E-state index contributed by atoms with van der Waals surface area (Å²) in [4.78, 5) is 0. The van der Waals surface area contributed by atoms with Crippen LogP contribution in [-0.4, -0.2) is 0 Å². The fourth-order valence-electron chi connectivity index (χ4n) is 0. The van der Waals surface area contributed by atoms with Gasteiger partial charge in [-0.1, -0.05) is 27.2 Å². The van der Waals surface area contributed by atoms with Gasteiger partial charge in [0.25, 0.3) is 0 Å². The Kier molecular flexibility index (Phi) is 1.63. The van der Waals surface area contributed by atoms with E-state index in [9.17, 15) is 0 Å². The molecule has 0 aliphatic heterocycles. The first-order valence-corrected chi connectivity index (χ1v) is 2.35. The molecule has 0 amide bonds. The summed E-state index contributed by atoms with van der Waals surface area (Å²) in [5.74, 6) is 0. The van der Waals surface area contributed by atoms with Crippen LogP contribution in [0.2, 0.25) is 0 Å². The Bertz CT molecular complexity index is 29.8. The van der Waals surface area contributed by atoms with Gasteiger partial charge in [-0.15, -0.1) is 0 Å². The van der Waals surface area contributed by atoms with Crippen molar-refractivity contribution < 1.29 is 0 Å². The van der Waals surface area contributed by atoms with Gasteiger partial charge < -0.3 is 0 Å². The van der Waals surface area contributed by atoms with Crippen molar-refractivity contribution in [2.24, 2.45) is 5.41 Å². The maximum Gasteiger partial charge on any atom is -0.0290 e. The third-order valence-electron chi connectivity index (χ3n) is 0.911. The number of hydrogen-bond acceptors (Lipinski definition) is 0. The standard InChI is InChI=1S/C6H12/c1-5-6(2,3)4/h2H,5H2,1,3-4H3. The van der Waals surface area contributed by atoms with Gasteiger partial charge in [0.05, 0.1) is 0 Å². The highest BCUT2D eigenvalue weighted by atomic mass is 14.1. The Labute approximate surface area is 40.6 Å². The maximum atomic E-state index is 5.53. The lowest BCUT2D eigenvalue weighted by Gasteiger charge is -2.12. The molecule has 0 heteroatoms. The highest BCUT2D eigenvalue weighted by Crippen LogP contribution is 2.15. The molecule has 2 radical (unpaired) electrons. The molecule has 0 saturated carbocycles. The van der Waals surface area contributed by atoms with Crippen molar-refractivity contribution in [1.82, 2.24) is 0 Å². The van der Waals surface area contributed by atoms with Crippen LogP contribution in [0.3, 0.4) is 0 Å². The zero-order valence-corrected chi connectivity index (χ0v) is 4.78. The van der Waals surface area contributed by atoms with E-state index in [1.807, 2.05) is 13.8 Å². The van der Waals surface area contributed by atoms with E-state index in [1.54, 1.807) is 0 Å².